The van der Waals surface area contributed by atoms with Gasteiger partial charge in [-0.3, -0.25) is 4.90 Å². The summed E-state index contributed by atoms with van der Waals surface area (Å²) < 4.78 is 5.09. The predicted molar refractivity (Wildman–Crippen MR) is 68.0 cm³/mol. The largest absolute Gasteiger partial charge is 0.393 e. The number of aliphatic hydroxyl groups excluding tert-OH is 1. The average molecular weight is 253 g/mol. The molecule has 1 aliphatic rings. The van der Waals surface area contributed by atoms with Crippen LogP contribution in [0.15, 0.2) is 4.52 Å². The molecule has 0 aliphatic heterocycles. The second kappa shape index (κ2) is 6.29. The highest BCUT2D eigenvalue weighted by Gasteiger charge is 2.24. The Morgan fingerprint density at radius 3 is 2.83 bits per heavy atom. The molecule has 0 amide bonds. The van der Waals surface area contributed by atoms with E-state index in [0.717, 1.165) is 38.1 Å². The molecule has 0 saturated heterocycles. The molecule has 1 fully saturated rings. The summed E-state index contributed by atoms with van der Waals surface area (Å²) in [6.07, 6.45) is 5.10. The van der Waals surface area contributed by atoms with Gasteiger partial charge in [0.2, 0.25) is 5.89 Å². The quantitative estimate of drug-likeness (QED) is 0.864. The number of aliphatic hydroxyl groups is 1. The van der Waals surface area contributed by atoms with E-state index in [1.807, 2.05) is 14.0 Å². The van der Waals surface area contributed by atoms with E-state index in [2.05, 4.69) is 15.0 Å². The predicted octanol–water partition coefficient (Wildman–Crippen LogP) is 1.61. The van der Waals surface area contributed by atoms with Gasteiger partial charge in [0.05, 0.1) is 12.6 Å². The molecule has 1 aliphatic carbocycles. The van der Waals surface area contributed by atoms with Gasteiger partial charge in [0.25, 0.3) is 0 Å². The minimum atomic E-state index is -0.141. The van der Waals surface area contributed by atoms with Gasteiger partial charge in [-0.2, -0.15) is 4.98 Å². The van der Waals surface area contributed by atoms with Crippen LogP contribution in [0.1, 0.15) is 44.3 Å². The third-order valence-corrected chi connectivity index (χ3v) is 3.64. The first-order valence-electron chi connectivity index (χ1n) is 6.87. The number of hydrogen-bond acceptors (Lipinski definition) is 5. The van der Waals surface area contributed by atoms with Gasteiger partial charge in [0.15, 0.2) is 5.82 Å². The zero-order valence-corrected chi connectivity index (χ0v) is 11.3. The summed E-state index contributed by atoms with van der Waals surface area (Å²) in [5, 5.41) is 13.9. The molecule has 1 aromatic rings. The highest BCUT2D eigenvalue weighted by Crippen LogP contribution is 2.25. The molecule has 1 heterocycles. The van der Waals surface area contributed by atoms with Gasteiger partial charge in [-0.25, -0.2) is 0 Å². The molecule has 2 unspecified atom stereocenters. The highest BCUT2D eigenvalue weighted by molar-refractivity contribution is 4.86. The van der Waals surface area contributed by atoms with E-state index >= 15 is 0 Å². The van der Waals surface area contributed by atoms with Gasteiger partial charge in [-0.05, 0) is 25.8 Å². The Morgan fingerprint density at radius 2 is 2.17 bits per heavy atom. The Morgan fingerprint density at radius 1 is 1.39 bits per heavy atom. The van der Waals surface area contributed by atoms with E-state index in [1.54, 1.807) is 0 Å². The molecular weight excluding hydrogens is 230 g/mol. The second-order valence-electron chi connectivity index (χ2n) is 5.27. The standard InChI is InChI=1S/C13H23N3O2/c1-3-13-14-12(15-18-13)9-16(2)8-10-6-4-5-7-11(10)17/h10-11,17H,3-9H2,1-2H3. The molecular formula is C13H23N3O2. The van der Waals surface area contributed by atoms with Crippen LogP contribution in [0, 0.1) is 5.92 Å². The molecule has 0 bridgehead atoms. The van der Waals surface area contributed by atoms with Crippen LogP contribution >= 0.6 is 0 Å². The van der Waals surface area contributed by atoms with Crippen molar-refractivity contribution in [2.75, 3.05) is 13.6 Å². The third-order valence-electron chi connectivity index (χ3n) is 3.64. The second-order valence-corrected chi connectivity index (χ2v) is 5.27. The van der Waals surface area contributed by atoms with Gasteiger partial charge in [-0.1, -0.05) is 24.9 Å². The van der Waals surface area contributed by atoms with E-state index in [-0.39, 0.29) is 6.10 Å². The maximum Gasteiger partial charge on any atom is 0.226 e. The number of hydrogen-bond donors (Lipinski definition) is 1. The normalized spacial score (nSPS) is 24.7. The molecule has 18 heavy (non-hydrogen) atoms. The molecule has 0 spiro atoms. The summed E-state index contributed by atoms with van der Waals surface area (Å²) in [4.78, 5) is 6.47. The molecule has 0 aromatic carbocycles. The van der Waals surface area contributed by atoms with Crippen molar-refractivity contribution in [3.05, 3.63) is 11.7 Å². The number of rotatable bonds is 5. The molecule has 5 heteroatoms. The summed E-state index contributed by atoms with van der Waals surface area (Å²) in [5.41, 5.74) is 0. The van der Waals surface area contributed by atoms with Crippen molar-refractivity contribution in [3.63, 3.8) is 0 Å². The SMILES string of the molecule is CCc1nc(CN(C)CC2CCCCC2O)no1. The molecule has 0 radical (unpaired) electrons. The number of aromatic nitrogens is 2. The van der Waals surface area contributed by atoms with Gasteiger partial charge < -0.3 is 9.63 Å². The lowest BCUT2D eigenvalue weighted by atomic mass is 9.86. The lowest BCUT2D eigenvalue weighted by Crippen LogP contribution is -2.34. The third kappa shape index (κ3) is 3.53. The molecule has 1 aromatic heterocycles. The van der Waals surface area contributed by atoms with Crippen LogP contribution in [0.3, 0.4) is 0 Å². The van der Waals surface area contributed by atoms with E-state index in [1.165, 1.54) is 6.42 Å². The molecule has 2 rings (SSSR count). The first kappa shape index (κ1) is 13.5. The van der Waals surface area contributed by atoms with Crippen LogP contribution in [-0.2, 0) is 13.0 Å². The van der Waals surface area contributed by atoms with Crippen LogP contribution in [-0.4, -0.2) is 39.8 Å². The Kier molecular flexibility index (Phi) is 4.72. The molecule has 2 atom stereocenters. The van der Waals surface area contributed by atoms with Crippen molar-refractivity contribution in [3.8, 4) is 0 Å². The summed E-state index contributed by atoms with van der Waals surface area (Å²) in [6.45, 7) is 3.59. The molecule has 5 nitrogen and oxygen atoms in total. The monoisotopic (exact) mass is 253 g/mol. The van der Waals surface area contributed by atoms with E-state index in [0.29, 0.717) is 18.4 Å². The molecule has 1 N–H and O–H groups in total. The summed E-state index contributed by atoms with van der Waals surface area (Å²) in [5.74, 6) is 1.82. The lowest BCUT2D eigenvalue weighted by Gasteiger charge is -2.30. The van der Waals surface area contributed by atoms with E-state index in [4.69, 9.17) is 4.52 Å². The smallest absolute Gasteiger partial charge is 0.226 e. The minimum Gasteiger partial charge on any atom is -0.393 e. The van der Waals surface area contributed by atoms with Crippen LogP contribution in [0.4, 0.5) is 0 Å². The number of aryl methyl sites for hydroxylation is 1. The van der Waals surface area contributed by atoms with Crippen molar-refractivity contribution in [2.45, 2.75) is 51.7 Å². The topological polar surface area (TPSA) is 62.4 Å². The summed E-state index contributed by atoms with van der Waals surface area (Å²) in [7, 11) is 2.04. The van der Waals surface area contributed by atoms with Crippen molar-refractivity contribution >= 4 is 0 Å². The number of nitrogens with zero attached hydrogens (tertiary/aromatic N) is 3. The maximum atomic E-state index is 9.95. The van der Waals surface area contributed by atoms with Crippen LogP contribution < -0.4 is 0 Å². The zero-order chi connectivity index (χ0) is 13.0. The fraction of sp³-hybridized carbons (Fsp3) is 0.846. The highest BCUT2D eigenvalue weighted by atomic mass is 16.5. The maximum absolute atomic E-state index is 9.95. The van der Waals surface area contributed by atoms with Gasteiger partial charge >= 0.3 is 0 Å². The van der Waals surface area contributed by atoms with Crippen LogP contribution in [0.2, 0.25) is 0 Å². The Labute approximate surface area is 108 Å². The molecule has 102 valence electrons. The Balaban J connectivity index is 1.82. The first-order chi connectivity index (χ1) is 8.69. The summed E-state index contributed by atoms with van der Waals surface area (Å²) in [6, 6.07) is 0. The van der Waals surface area contributed by atoms with Crippen molar-refractivity contribution in [2.24, 2.45) is 5.92 Å². The van der Waals surface area contributed by atoms with Gasteiger partial charge in [-0.15, -0.1) is 0 Å². The minimum absolute atomic E-state index is 0.141. The fourth-order valence-electron chi connectivity index (χ4n) is 2.61. The van der Waals surface area contributed by atoms with Gasteiger partial charge in [0.1, 0.15) is 0 Å². The Bertz CT molecular complexity index is 367. The molecule has 1 saturated carbocycles. The van der Waals surface area contributed by atoms with Crippen molar-refractivity contribution in [1.82, 2.24) is 15.0 Å². The summed E-state index contributed by atoms with van der Waals surface area (Å²) >= 11 is 0. The van der Waals surface area contributed by atoms with Crippen LogP contribution in [0.5, 0.6) is 0 Å². The fourth-order valence-corrected chi connectivity index (χ4v) is 2.61. The van der Waals surface area contributed by atoms with Crippen molar-refractivity contribution < 1.29 is 9.63 Å². The van der Waals surface area contributed by atoms with E-state index < -0.39 is 0 Å². The van der Waals surface area contributed by atoms with Gasteiger partial charge in [0, 0.05) is 13.0 Å². The lowest BCUT2D eigenvalue weighted by molar-refractivity contribution is 0.0496. The zero-order valence-electron chi connectivity index (χ0n) is 11.3. The van der Waals surface area contributed by atoms with Crippen LogP contribution in [0.25, 0.3) is 0 Å². The van der Waals surface area contributed by atoms with Crippen molar-refractivity contribution in [1.29, 1.82) is 0 Å². The first-order valence-corrected chi connectivity index (χ1v) is 6.87. The Hall–Kier alpha value is -0.940. The average Bonchev–Trinajstić information content (AvgIpc) is 2.80. The van der Waals surface area contributed by atoms with E-state index in [9.17, 15) is 5.11 Å².